The van der Waals surface area contributed by atoms with Gasteiger partial charge in [-0.05, 0) is 44.0 Å². The Labute approximate surface area is 162 Å². The molecule has 0 atom stereocenters. The molecule has 1 aromatic carbocycles. The number of halogens is 1. The minimum Gasteiger partial charge on any atom is -0.317 e. The Hall–Kier alpha value is -2.19. The van der Waals surface area contributed by atoms with Gasteiger partial charge in [-0.15, -0.1) is 10.2 Å². The van der Waals surface area contributed by atoms with Crippen molar-refractivity contribution in [3.63, 3.8) is 0 Å². The highest BCUT2D eigenvalue weighted by atomic mass is 32.2. The fourth-order valence-corrected chi connectivity index (χ4v) is 4.19. The van der Waals surface area contributed by atoms with Gasteiger partial charge in [0.25, 0.3) is 0 Å². The maximum absolute atomic E-state index is 13.9. The molecule has 4 rings (SSSR count). The van der Waals surface area contributed by atoms with E-state index in [0.29, 0.717) is 17.4 Å². The van der Waals surface area contributed by atoms with Crippen molar-refractivity contribution in [2.24, 2.45) is 13.0 Å². The van der Waals surface area contributed by atoms with Crippen molar-refractivity contribution in [3.8, 4) is 5.69 Å². The van der Waals surface area contributed by atoms with Gasteiger partial charge in [-0.1, -0.05) is 23.9 Å². The third-order valence-corrected chi connectivity index (χ3v) is 6.05. The van der Waals surface area contributed by atoms with Crippen LogP contribution >= 0.6 is 11.8 Å². The number of para-hydroxylation sites is 1. The first-order valence-corrected chi connectivity index (χ1v) is 10.2. The SMILES string of the molecule is Cn1c(CC2CCNCC2)nnc1SCc1cnn(-c2ccccc2F)c1. The van der Waals surface area contributed by atoms with Crippen LogP contribution in [0.5, 0.6) is 0 Å². The Morgan fingerprint density at radius 3 is 2.85 bits per heavy atom. The van der Waals surface area contributed by atoms with Crippen LogP contribution in [0.15, 0.2) is 41.8 Å². The van der Waals surface area contributed by atoms with Crippen LogP contribution in [0.25, 0.3) is 5.69 Å². The van der Waals surface area contributed by atoms with Gasteiger partial charge in [0.15, 0.2) is 5.16 Å². The third-order valence-electron chi connectivity index (χ3n) is 4.96. The van der Waals surface area contributed by atoms with Gasteiger partial charge in [0.1, 0.15) is 17.3 Å². The van der Waals surface area contributed by atoms with E-state index >= 15 is 0 Å². The Balaban J connectivity index is 1.39. The maximum Gasteiger partial charge on any atom is 0.191 e. The Bertz CT molecular complexity index is 899. The molecule has 1 aliphatic rings. The second-order valence-corrected chi connectivity index (χ2v) is 7.83. The number of benzene rings is 1. The number of thioether (sulfide) groups is 1. The molecule has 0 unspecified atom stereocenters. The molecular weight excluding hydrogens is 363 g/mol. The standard InChI is InChI=1S/C19H23FN6S/c1-25-18(10-14-6-8-21-9-7-14)23-24-19(25)27-13-15-11-22-26(12-15)17-5-3-2-4-16(17)20/h2-5,11-12,14,21H,6-10,13H2,1H3. The van der Waals surface area contributed by atoms with E-state index in [-0.39, 0.29) is 5.82 Å². The highest BCUT2D eigenvalue weighted by molar-refractivity contribution is 7.98. The van der Waals surface area contributed by atoms with Crippen LogP contribution in [0.3, 0.4) is 0 Å². The first kappa shape index (κ1) is 18.2. The number of rotatable bonds is 6. The molecule has 8 heteroatoms. The molecule has 2 aromatic heterocycles. The predicted molar refractivity (Wildman–Crippen MR) is 103 cm³/mol. The molecule has 0 spiro atoms. The third kappa shape index (κ3) is 4.22. The lowest BCUT2D eigenvalue weighted by molar-refractivity contribution is 0.363. The highest BCUT2D eigenvalue weighted by Crippen LogP contribution is 2.24. The van der Waals surface area contributed by atoms with Crippen LogP contribution in [0, 0.1) is 11.7 Å². The van der Waals surface area contributed by atoms with E-state index in [1.807, 2.05) is 13.2 Å². The van der Waals surface area contributed by atoms with E-state index in [4.69, 9.17) is 0 Å². The molecule has 27 heavy (non-hydrogen) atoms. The topological polar surface area (TPSA) is 60.6 Å². The van der Waals surface area contributed by atoms with Gasteiger partial charge in [0.05, 0.1) is 6.20 Å². The van der Waals surface area contributed by atoms with E-state index in [1.54, 1.807) is 40.8 Å². The molecule has 6 nitrogen and oxygen atoms in total. The zero-order valence-corrected chi connectivity index (χ0v) is 16.1. The summed E-state index contributed by atoms with van der Waals surface area (Å²) in [4.78, 5) is 0. The van der Waals surface area contributed by atoms with Gasteiger partial charge in [-0.3, -0.25) is 0 Å². The molecule has 3 heterocycles. The summed E-state index contributed by atoms with van der Waals surface area (Å²) >= 11 is 1.63. The fourth-order valence-electron chi connectivity index (χ4n) is 3.34. The quantitative estimate of drug-likeness (QED) is 0.660. The maximum atomic E-state index is 13.9. The van der Waals surface area contributed by atoms with Gasteiger partial charge >= 0.3 is 0 Å². The van der Waals surface area contributed by atoms with E-state index in [1.165, 1.54) is 18.9 Å². The zero-order chi connectivity index (χ0) is 18.6. The van der Waals surface area contributed by atoms with Crippen LogP contribution in [0.4, 0.5) is 4.39 Å². The summed E-state index contributed by atoms with van der Waals surface area (Å²) in [6.07, 6.45) is 7.01. The Morgan fingerprint density at radius 2 is 2.04 bits per heavy atom. The molecule has 0 amide bonds. The van der Waals surface area contributed by atoms with Crippen molar-refractivity contribution >= 4 is 11.8 Å². The van der Waals surface area contributed by atoms with Crippen molar-refractivity contribution in [1.82, 2.24) is 29.9 Å². The number of piperidine rings is 1. The monoisotopic (exact) mass is 386 g/mol. The largest absolute Gasteiger partial charge is 0.317 e. The summed E-state index contributed by atoms with van der Waals surface area (Å²) in [7, 11) is 2.03. The van der Waals surface area contributed by atoms with Gasteiger partial charge < -0.3 is 9.88 Å². The summed E-state index contributed by atoms with van der Waals surface area (Å²) in [6.45, 7) is 2.19. The lowest BCUT2D eigenvalue weighted by Crippen LogP contribution is -2.29. The molecule has 142 valence electrons. The van der Waals surface area contributed by atoms with Crippen molar-refractivity contribution in [2.45, 2.75) is 30.2 Å². The van der Waals surface area contributed by atoms with Crippen molar-refractivity contribution in [1.29, 1.82) is 0 Å². The van der Waals surface area contributed by atoms with Gasteiger partial charge in [-0.2, -0.15) is 5.10 Å². The number of hydrogen-bond donors (Lipinski definition) is 1. The smallest absolute Gasteiger partial charge is 0.191 e. The van der Waals surface area contributed by atoms with Crippen LogP contribution in [0.1, 0.15) is 24.2 Å². The number of aromatic nitrogens is 5. The normalized spacial score (nSPS) is 15.3. The molecule has 1 aliphatic heterocycles. The molecule has 0 aliphatic carbocycles. The minimum absolute atomic E-state index is 0.282. The molecule has 0 saturated carbocycles. The van der Waals surface area contributed by atoms with E-state index in [9.17, 15) is 4.39 Å². The zero-order valence-electron chi connectivity index (χ0n) is 15.3. The summed E-state index contributed by atoms with van der Waals surface area (Å²) in [5.74, 6) is 2.17. The first-order valence-electron chi connectivity index (χ1n) is 9.21. The van der Waals surface area contributed by atoms with Crippen LogP contribution < -0.4 is 5.32 Å². The fraction of sp³-hybridized carbons (Fsp3) is 0.421. The molecule has 1 fully saturated rings. The molecule has 0 radical (unpaired) electrons. The van der Waals surface area contributed by atoms with E-state index in [0.717, 1.165) is 36.1 Å². The van der Waals surface area contributed by atoms with Crippen molar-refractivity contribution < 1.29 is 4.39 Å². The van der Waals surface area contributed by atoms with Gasteiger partial charge in [0.2, 0.25) is 0 Å². The van der Waals surface area contributed by atoms with Gasteiger partial charge in [-0.25, -0.2) is 9.07 Å². The van der Waals surface area contributed by atoms with Crippen LogP contribution in [-0.4, -0.2) is 37.6 Å². The molecule has 0 bridgehead atoms. The number of nitrogens with one attached hydrogen (secondary N) is 1. The van der Waals surface area contributed by atoms with E-state index < -0.39 is 0 Å². The second kappa shape index (κ2) is 8.22. The second-order valence-electron chi connectivity index (χ2n) is 6.89. The van der Waals surface area contributed by atoms with Crippen LogP contribution in [0.2, 0.25) is 0 Å². The van der Waals surface area contributed by atoms with E-state index in [2.05, 4.69) is 25.2 Å². The molecular formula is C19H23FN6S. The summed E-state index contributed by atoms with van der Waals surface area (Å²) in [5, 5.41) is 17.3. The lowest BCUT2D eigenvalue weighted by atomic mass is 9.94. The number of hydrogen-bond acceptors (Lipinski definition) is 5. The first-order chi connectivity index (χ1) is 13.2. The van der Waals surface area contributed by atoms with Crippen molar-refractivity contribution in [2.75, 3.05) is 13.1 Å². The van der Waals surface area contributed by atoms with Crippen LogP contribution in [-0.2, 0) is 19.2 Å². The lowest BCUT2D eigenvalue weighted by Gasteiger charge is -2.21. The summed E-state index contributed by atoms with van der Waals surface area (Å²) in [5.41, 5.74) is 1.47. The highest BCUT2D eigenvalue weighted by Gasteiger charge is 2.18. The molecule has 1 saturated heterocycles. The Morgan fingerprint density at radius 1 is 1.22 bits per heavy atom. The molecule has 1 N–H and O–H groups in total. The summed E-state index contributed by atoms with van der Waals surface area (Å²) < 4.78 is 17.6. The Kier molecular flexibility index (Phi) is 5.54. The average molecular weight is 387 g/mol. The molecule has 3 aromatic rings. The average Bonchev–Trinajstić information content (AvgIpc) is 3.29. The predicted octanol–water partition coefficient (Wildman–Crippen LogP) is 2.97. The van der Waals surface area contributed by atoms with Crippen molar-refractivity contribution in [3.05, 3.63) is 53.9 Å². The summed E-state index contributed by atoms with van der Waals surface area (Å²) in [6, 6.07) is 6.64. The van der Waals surface area contributed by atoms with Gasteiger partial charge in [0, 0.05) is 31.0 Å². The minimum atomic E-state index is -0.282. The number of nitrogens with zero attached hydrogens (tertiary/aromatic N) is 5.